The Morgan fingerprint density at radius 1 is 1.53 bits per heavy atom. The molecule has 0 unspecified atom stereocenters. The molecule has 0 saturated heterocycles. The largest absolute Gasteiger partial charge is 0.380 e. The lowest BCUT2D eigenvalue weighted by molar-refractivity contribution is 0.154. The van der Waals surface area contributed by atoms with Gasteiger partial charge < -0.3 is 15.1 Å². The van der Waals surface area contributed by atoms with E-state index in [1.165, 1.54) is 0 Å². The molecule has 3 N–H and O–H groups in total. The van der Waals surface area contributed by atoms with E-state index in [-0.39, 0.29) is 0 Å². The Labute approximate surface area is 89.4 Å². The topological polar surface area (TPSA) is 76.3 Å². The SMILES string of the molecule is CCOCCN(C)c1cncc(NN)n1. The van der Waals surface area contributed by atoms with Gasteiger partial charge in [-0.15, -0.1) is 0 Å². The second-order valence-corrected chi connectivity index (χ2v) is 3.03. The van der Waals surface area contributed by atoms with E-state index in [9.17, 15) is 0 Å². The van der Waals surface area contributed by atoms with Crippen molar-refractivity contribution in [3.05, 3.63) is 12.4 Å². The highest BCUT2D eigenvalue weighted by atomic mass is 16.5. The average Bonchev–Trinajstić information content (AvgIpc) is 2.29. The van der Waals surface area contributed by atoms with Crippen LogP contribution in [0.15, 0.2) is 12.4 Å². The van der Waals surface area contributed by atoms with Crippen LogP contribution in [0.4, 0.5) is 11.6 Å². The van der Waals surface area contributed by atoms with Gasteiger partial charge >= 0.3 is 0 Å². The van der Waals surface area contributed by atoms with Gasteiger partial charge in [-0.1, -0.05) is 0 Å². The number of nitrogens with two attached hydrogens (primary N) is 1. The standard InChI is InChI=1S/C9H17N5O/c1-3-15-5-4-14(2)9-7-11-6-8(12-9)13-10/h6-7H,3-5,10H2,1-2H3,(H,12,13). The Morgan fingerprint density at radius 2 is 2.33 bits per heavy atom. The number of likely N-dealkylation sites (N-methyl/N-ethyl adjacent to an activating group) is 1. The molecule has 0 atom stereocenters. The van der Waals surface area contributed by atoms with Gasteiger partial charge in [0.1, 0.15) is 5.82 Å². The van der Waals surface area contributed by atoms with Crippen LogP contribution in [0.5, 0.6) is 0 Å². The molecule has 15 heavy (non-hydrogen) atoms. The van der Waals surface area contributed by atoms with E-state index in [2.05, 4.69) is 15.4 Å². The van der Waals surface area contributed by atoms with Gasteiger partial charge in [-0.2, -0.15) is 0 Å². The molecule has 0 aliphatic rings. The Morgan fingerprint density at radius 3 is 3.00 bits per heavy atom. The molecular formula is C9H17N5O. The lowest BCUT2D eigenvalue weighted by Crippen LogP contribution is -2.24. The highest BCUT2D eigenvalue weighted by Crippen LogP contribution is 2.09. The van der Waals surface area contributed by atoms with Gasteiger partial charge in [0.25, 0.3) is 0 Å². The highest BCUT2D eigenvalue weighted by Gasteiger charge is 2.03. The second kappa shape index (κ2) is 6.15. The van der Waals surface area contributed by atoms with Crippen molar-refractivity contribution in [1.82, 2.24) is 9.97 Å². The van der Waals surface area contributed by atoms with E-state index in [0.29, 0.717) is 12.4 Å². The van der Waals surface area contributed by atoms with Gasteiger partial charge in [0.2, 0.25) is 0 Å². The van der Waals surface area contributed by atoms with Crippen molar-refractivity contribution in [2.24, 2.45) is 5.84 Å². The zero-order valence-corrected chi connectivity index (χ0v) is 9.10. The molecule has 0 amide bonds. The summed E-state index contributed by atoms with van der Waals surface area (Å²) in [7, 11) is 1.93. The van der Waals surface area contributed by atoms with Crippen molar-refractivity contribution >= 4 is 11.6 Å². The molecule has 1 aromatic heterocycles. The van der Waals surface area contributed by atoms with E-state index in [4.69, 9.17) is 10.6 Å². The summed E-state index contributed by atoms with van der Waals surface area (Å²) in [5.74, 6) is 6.57. The molecule has 1 heterocycles. The van der Waals surface area contributed by atoms with E-state index < -0.39 is 0 Å². The Hall–Kier alpha value is -1.40. The minimum Gasteiger partial charge on any atom is -0.380 e. The molecule has 6 heteroatoms. The molecule has 0 spiro atoms. The van der Waals surface area contributed by atoms with Crippen LogP contribution in [0.25, 0.3) is 0 Å². The summed E-state index contributed by atoms with van der Waals surface area (Å²) in [6.45, 7) is 4.15. The van der Waals surface area contributed by atoms with Gasteiger partial charge in [0.15, 0.2) is 5.82 Å². The van der Waals surface area contributed by atoms with E-state index in [1.807, 2.05) is 18.9 Å². The quantitative estimate of drug-likeness (QED) is 0.398. The molecule has 1 aromatic rings. The maximum Gasteiger partial charge on any atom is 0.160 e. The lowest BCUT2D eigenvalue weighted by atomic mass is 10.5. The lowest BCUT2D eigenvalue weighted by Gasteiger charge is -2.17. The first-order valence-electron chi connectivity index (χ1n) is 4.85. The Balaban J connectivity index is 2.52. The number of anilines is 2. The predicted octanol–water partition coefficient (Wildman–Crippen LogP) is 0.235. The number of nitrogens with one attached hydrogen (secondary N) is 1. The molecule has 0 saturated carbocycles. The number of hydrazine groups is 1. The first kappa shape index (κ1) is 11.7. The fraction of sp³-hybridized carbons (Fsp3) is 0.556. The fourth-order valence-corrected chi connectivity index (χ4v) is 1.07. The smallest absolute Gasteiger partial charge is 0.160 e. The van der Waals surface area contributed by atoms with Crippen LogP contribution in [0, 0.1) is 0 Å². The molecular weight excluding hydrogens is 194 g/mol. The van der Waals surface area contributed by atoms with Crippen molar-refractivity contribution in [2.45, 2.75) is 6.92 Å². The molecule has 0 aliphatic heterocycles. The number of nitrogen functional groups attached to an aromatic ring is 1. The number of aromatic nitrogens is 2. The maximum absolute atomic E-state index is 5.25. The molecule has 0 aliphatic carbocycles. The van der Waals surface area contributed by atoms with E-state index in [0.717, 1.165) is 19.0 Å². The zero-order valence-electron chi connectivity index (χ0n) is 9.10. The van der Waals surface area contributed by atoms with Crippen LogP contribution in [0.3, 0.4) is 0 Å². The van der Waals surface area contributed by atoms with Gasteiger partial charge in [-0.05, 0) is 6.92 Å². The highest BCUT2D eigenvalue weighted by molar-refractivity contribution is 5.42. The molecule has 0 fully saturated rings. The third-order valence-electron chi connectivity index (χ3n) is 1.94. The minimum absolute atomic E-state index is 0.552. The molecule has 0 aromatic carbocycles. The van der Waals surface area contributed by atoms with Crippen molar-refractivity contribution in [3.8, 4) is 0 Å². The monoisotopic (exact) mass is 211 g/mol. The first-order valence-corrected chi connectivity index (χ1v) is 4.85. The summed E-state index contributed by atoms with van der Waals surface area (Å²) in [6.07, 6.45) is 3.26. The molecule has 0 bridgehead atoms. The van der Waals surface area contributed by atoms with Gasteiger partial charge in [0.05, 0.1) is 19.0 Å². The van der Waals surface area contributed by atoms with Crippen LogP contribution in [-0.4, -0.2) is 36.8 Å². The van der Waals surface area contributed by atoms with Crippen molar-refractivity contribution in [2.75, 3.05) is 37.1 Å². The fourth-order valence-electron chi connectivity index (χ4n) is 1.07. The summed E-state index contributed by atoms with van der Waals surface area (Å²) in [5.41, 5.74) is 2.46. The second-order valence-electron chi connectivity index (χ2n) is 3.03. The third-order valence-corrected chi connectivity index (χ3v) is 1.94. The van der Waals surface area contributed by atoms with Crippen molar-refractivity contribution < 1.29 is 4.74 Å². The molecule has 0 radical (unpaired) electrons. The van der Waals surface area contributed by atoms with Crippen LogP contribution in [-0.2, 0) is 4.74 Å². The first-order chi connectivity index (χ1) is 7.27. The molecule has 84 valence electrons. The van der Waals surface area contributed by atoms with Crippen molar-refractivity contribution in [3.63, 3.8) is 0 Å². The van der Waals surface area contributed by atoms with E-state index >= 15 is 0 Å². The average molecular weight is 211 g/mol. The molecule has 6 nitrogen and oxygen atoms in total. The summed E-state index contributed by atoms with van der Waals surface area (Å²) < 4.78 is 5.25. The minimum atomic E-state index is 0.552. The number of rotatable bonds is 6. The van der Waals surface area contributed by atoms with Crippen LogP contribution >= 0.6 is 0 Å². The van der Waals surface area contributed by atoms with Crippen molar-refractivity contribution in [1.29, 1.82) is 0 Å². The van der Waals surface area contributed by atoms with E-state index in [1.54, 1.807) is 12.4 Å². The number of hydrogen-bond acceptors (Lipinski definition) is 6. The maximum atomic E-state index is 5.25. The Kier molecular flexibility index (Phi) is 4.79. The predicted molar refractivity (Wildman–Crippen MR) is 59.6 cm³/mol. The normalized spacial score (nSPS) is 10.1. The Bertz CT molecular complexity index is 294. The van der Waals surface area contributed by atoms with Crippen LogP contribution in [0.2, 0.25) is 0 Å². The van der Waals surface area contributed by atoms with Crippen LogP contribution in [0.1, 0.15) is 6.92 Å². The summed E-state index contributed by atoms with van der Waals surface area (Å²) in [5, 5.41) is 0. The van der Waals surface area contributed by atoms with Gasteiger partial charge in [0, 0.05) is 20.2 Å². The number of hydrogen-bond donors (Lipinski definition) is 2. The van der Waals surface area contributed by atoms with Gasteiger partial charge in [-0.3, -0.25) is 4.98 Å². The van der Waals surface area contributed by atoms with Crippen LogP contribution < -0.4 is 16.2 Å². The number of ether oxygens (including phenoxy) is 1. The third kappa shape index (κ3) is 3.69. The summed E-state index contributed by atoms with van der Waals surface area (Å²) in [6, 6.07) is 0. The summed E-state index contributed by atoms with van der Waals surface area (Å²) in [4.78, 5) is 10.2. The zero-order chi connectivity index (χ0) is 11.1. The molecule has 1 rings (SSSR count). The summed E-state index contributed by atoms with van der Waals surface area (Å²) >= 11 is 0. The number of nitrogens with zero attached hydrogens (tertiary/aromatic N) is 3. The van der Waals surface area contributed by atoms with Gasteiger partial charge in [-0.25, -0.2) is 10.8 Å².